The molecule has 174 valence electrons. The molecule has 0 bridgehead atoms. The van der Waals surface area contributed by atoms with Crippen LogP contribution in [0.25, 0.3) is 0 Å². The van der Waals surface area contributed by atoms with Gasteiger partial charge >= 0.3 is 0 Å². The van der Waals surface area contributed by atoms with E-state index in [-0.39, 0.29) is 17.2 Å². The number of nitrogens with zero attached hydrogens (tertiary/aromatic N) is 1. The van der Waals surface area contributed by atoms with E-state index in [9.17, 15) is 13.2 Å². The maximum Gasteiger partial charge on any atom is 0.243 e. The second kappa shape index (κ2) is 11.9. The van der Waals surface area contributed by atoms with Crippen LogP contribution in [-0.2, 0) is 27.0 Å². The number of thioether (sulfide) groups is 1. The van der Waals surface area contributed by atoms with E-state index in [1.54, 1.807) is 37.1 Å². The van der Waals surface area contributed by atoms with Crippen LogP contribution in [0, 0.1) is 0 Å². The van der Waals surface area contributed by atoms with Crippen molar-refractivity contribution in [3.63, 3.8) is 0 Å². The summed E-state index contributed by atoms with van der Waals surface area (Å²) in [6.45, 7) is 1.70. The zero-order chi connectivity index (χ0) is 23.0. The zero-order valence-electron chi connectivity index (χ0n) is 18.2. The summed E-state index contributed by atoms with van der Waals surface area (Å²) in [4.78, 5) is 12.5. The lowest BCUT2D eigenvalue weighted by atomic mass is 10.1. The molecule has 1 N–H and O–H groups in total. The van der Waals surface area contributed by atoms with Crippen LogP contribution in [-0.4, -0.2) is 51.1 Å². The van der Waals surface area contributed by atoms with Gasteiger partial charge in [0.25, 0.3) is 0 Å². The van der Waals surface area contributed by atoms with Gasteiger partial charge in [-0.1, -0.05) is 23.7 Å². The van der Waals surface area contributed by atoms with Gasteiger partial charge in [0.1, 0.15) is 5.75 Å². The lowest BCUT2D eigenvalue weighted by molar-refractivity contribution is -0.120. The Hall–Kier alpha value is -1.74. The molecule has 1 amide bonds. The fraction of sp³-hybridized carbons (Fsp3) is 0.435. The molecule has 6 nitrogen and oxygen atoms in total. The van der Waals surface area contributed by atoms with Crippen molar-refractivity contribution < 1.29 is 17.9 Å². The molecular weight excluding hydrogens is 468 g/mol. The molecule has 0 aliphatic carbocycles. The molecular formula is C23H29ClN2O4S2. The maximum absolute atomic E-state index is 12.8. The summed E-state index contributed by atoms with van der Waals surface area (Å²) in [6, 6.07) is 12.6. The van der Waals surface area contributed by atoms with Crippen LogP contribution in [0.5, 0.6) is 5.75 Å². The smallest absolute Gasteiger partial charge is 0.243 e. The molecule has 1 aliphatic rings. The van der Waals surface area contributed by atoms with Crippen LogP contribution >= 0.6 is 23.4 Å². The van der Waals surface area contributed by atoms with Crippen molar-refractivity contribution in [1.29, 1.82) is 0 Å². The monoisotopic (exact) mass is 496 g/mol. The molecule has 2 aromatic carbocycles. The summed E-state index contributed by atoms with van der Waals surface area (Å²) >= 11 is 7.63. The summed E-state index contributed by atoms with van der Waals surface area (Å²) < 4.78 is 32.6. The van der Waals surface area contributed by atoms with Gasteiger partial charge in [-0.2, -0.15) is 16.1 Å². The standard InChI is InChI=1S/C23H29ClN2O4S2/c1-30-22-10-9-21(32(28,29)26-13-2-3-14-26)16-19(22)6-11-23(27)25-12-15-31-17-18-4-7-20(24)8-5-18/h4-5,7-10,16H,2-3,6,11-15,17H2,1H3,(H,25,27). The topological polar surface area (TPSA) is 75.7 Å². The minimum atomic E-state index is -3.50. The fourth-order valence-corrected chi connectivity index (χ4v) is 6.07. The Balaban J connectivity index is 1.47. The predicted molar refractivity (Wildman–Crippen MR) is 130 cm³/mol. The van der Waals surface area contributed by atoms with E-state index in [0.29, 0.717) is 31.8 Å². The van der Waals surface area contributed by atoms with Crippen LogP contribution < -0.4 is 10.1 Å². The number of sulfonamides is 1. The Morgan fingerprint density at radius 2 is 1.88 bits per heavy atom. The van der Waals surface area contributed by atoms with Crippen LogP contribution in [0.3, 0.4) is 0 Å². The summed E-state index contributed by atoms with van der Waals surface area (Å²) in [5.74, 6) is 2.20. The van der Waals surface area contributed by atoms with Gasteiger partial charge in [0.15, 0.2) is 0 Å². The number of nitrogens with one attached hydrogen (secondary N) is 1. The van der Waals surface area contributed by atoms with E-state index in [4.69, 9.17) is 16.3 Å². The van der Waals surface area contributed by atoms with Crippen LogP contribution in [0.15, 0.2) is 47.4 Å². The molecule has 3 rings (SSSR count). The van der Waals surface area contributed by atoms with E-state index >= 15 is 0 Å². The number of carbonyl (C=O) groups is 1. The largest absolute Gasteiger partial charge is 0.496 e. The number of ether oxygens (including phenoxy) is 1. The molecule has 0 spiro atoms. The predicted octanol–water partition coefficient (Wildman–Crippen LogP) is 4.12. The number of rotatable bonds is 11. The minimum absolute atomic E-state index is 0.0630. The second-order valence-corrected chi connectivity index (χ2v) is 11.1. The van der Waals surface area contributed by atoms with Gasteiger partial charge in [-0.25, -0.2) is 8.42 Å². The molecule has 0 atom stereocenters. The van der Waals surface area contributed by atoms with E-state index in [2.05, 4.69) is 5.32 Å². The number of aryl methyl sites for hydroxylation is 1. The Labute approximate surface area is 199 Å². The van der Waals surface area contributed by atoms with Crippen molar-refractivity contribution in [3.8, 4) is 5.75 Å². The second-order valence-electron chi connectivity index (χ2n) is 7.61. The minimum Gasteiger partial charge on any atom is -0.496 e. The molecule has 0 radical (unpaired) electrons. The first kappa shape index (κ1) is 24.9. The van der Waals surface area contributed by atoms with Gasteiger partial charge in [-0.3, -0.25) is 4.79 Å². The van der Waals surface area contributed by atoms with E-state index < -0.39 is 10.0 Å². The number of methoxy groups -OCH3 is 1. The van der Waals surface area contributed by atoms with Gasteiger partial charge in [-0.15, -0.1) is 0 Å². The molecule has 1 heterocycles. The summed E-state index contributed by atoms with van der Waals surface area (Å²) in [5.41, 5.74) is 1.92. The van der Waals surface area contributed by atoms with Gasteiger partial charge < -0.3 is 10.1 Å². The molecule has 0 saturated carbocycles. The van der Waals surface area contributed by atoms with Crippen molar-refractivity contribution in [3.05, 3.63) is 58.6 Å². The van der Waals surface area contributed by atoms with Crippen molar-refractivity contribution >= 4 is 39.3 Å². The summed E-state index contributed by atoms with van der Waals surface area (Å²) in [6.07, 6.45) is 2.46. The number of carbonyl (C=O) groups excluding carboxylic acids is 1. The van der Waals surface area contributed by atoms with Crippen molar-refractivity contribution in [2.45, 2.75) is 36.3 Å². The third-order valence-electron chi connectivity index (χ3n) is 5.33. The highest BCUT2D eigenvalue weighted by atomic mass is 35.5. The van der Waals surface area contributed by atoms with Crippen molar-refractivity contribution in [2.75, 3.05) is 32.5 Å². The van der Waals surface area contributed by atoms with Crippen LogP contribution in [0.2, 0.25) is 5.02 Å². The van der Waals surface area contributed by atoms with E-state index in [1.807, 2.05) is 24.3 Å². The average molecular weight is 497 g/mol. The Kier molecular flexibility index (Phi) is 9.28. The highest BCUT2D eigenvalue weighted by molar-refractivity contribution is 7.98. The Morgan fingerprint density at radius 3 is 2.56 bits per heavy atom. The lowest BCUT2D eigenvalue weighted by Gasteiger charge is -2.17. The lowest BCUT2D eigenvalue weighted by Crippen LogP contribution is -2.28. The number of benzene rings is 2. The highest BCUT2D eigenvalue weighted by Crippen LogP contribution is 2.27. The molecule has 32 heavy (non-hydrogen) atoms. The zero-order valence-corrected chi connectivity index (χ0v) is 20.6. The maximum atomic E-state index is 12.8. The molecule has 1 aliphatic heterocycles. The number of amides is 1. The summed E-state index contributed by atoms with van der Waals surface area (Å²) in [7, 11) is -1.96. The van der Waals surface area contributed by atoms with Crippen molar-refractivity contribution in [1.82, 2.24) is 9.62 Å². The van der Waals surface area contributed by atoms with Gasteiger partial charge in [-0.05, 0) is 60.7 Å². The molecule has 0 unspecified atom stereocenters. The molecule has 1 fully saturated rings. The van der Waals surface area contributed by atoms with E-state index in [0.717, 1.165) is 34.9 Å². The summed E-state index contributed by atoms with van der Waals surface area (Å²) in [5, 5.41) is 3.65. The quantitative estimate of drug-likeness (QED) is 0.474. The number of halogens is 1. The molecule has 2 aromatic rings. The SMILES string of the molecule is COc1ccc(S(=O)(=O)N2CCCC2)cc1CCC(=O)NCCSCc1ccc(Cl)cc1. The van der Waals surface area contributed by atoms with Crippen molar-refractivity contribution in [2.24, 2.45) is 0 Å². The van der Waals surface area contributed by atoms with Gasteiger partial charge in [0.05, 0.1) is 12.0 Å². The Morgan fingerprint density at radius 1 is 1.16 bits per heavy atom. The van der Waals surface area contributed by atoms with Crippen LogP contribution in [0.1, 0.15) is 30.4 Å². The molecule has 0 aromatic heterocycles. The fourth-order valence-electron chi connectivity index (χ4n) is 3.56. The van der Waals surface area contributed by atoms with Crippen LogP contribution in [0.4, 0.5) is 0 Å². The number of hydrogen-bond acceptors (Lipinski definition) is 5. The Bertz CT molecular complexity index is 1010. The number of hydrogen-bond donors (Lipinski definition) is 1. The normalized spacial score (nSPS) is 14.4. The van der Waals surface area contributed by atoms with Gasteiger partial charge in [0, 0.05) is 42.6 Å². The third kappa shape index (κ3) is 6.88. The first-order valence-electron chi connectivity index (χ1n) is 10.7. The molecule has 1 saturated heterocycles. The highest BCUT2D eigenvalue weighted by Gasteiger charge is 2.27. The van der Waals surface area contributed by atoms with Gasteiger partial charge in [0.2, 0.25) is 15.9 Å². The average Bonchev–Trinajstić information content (AvgIpc) is 3.34. The molecule has 9 heteroatoms. The first-order valence-corrected chi connectivity index (χ1v) is 13.6. The third-order valence-corrected chi connectivity index (χ3v) is 8.50. The van der Waals surface area contributed by atoms with E-state index in [1.165, 1.54) is 9.87 Å². The first-order chi connectivity index (χ1) is 15.4.